The van der Waals surface area contributed by atoms with Crippen LogP contribution < -0.4 is 4.74 Å². The van der Waals surface area contributed by atoms with Crippen LogP contribution in [0.3, 0.4) is 0 Å². The molecule has 136 valence electrons. The van der Waals surface area contributed by atoms with Crippen molar-refractivity contribution in [3.63, 3.8) is 0 Å². The number of rotatable bonds is 2. The van der Waals surface area contributed by atoms with Gasteiger partial charge < -0.3 is 4.74 Å². The summed E-state index contributed by atoms with van der Waals surface area (Å²) in [5, 5.41) is 2.73. The summed E-state index contributed by atoms with van der Waals surface area (Å²) in [6.45, 7) is 0.811. The summed E-state index contributed by atoms with van der Waals surface area (Å²) in [7, 11) is 0. The zero-order chi connectivity index (χ0) is 18.6. The number of benzene rings is 4. The molecule has 0 bridgehead atoms. The maximum absolute atomic E-state index is 6.07. The molecular weight excluding hydrogens is 340 g/mol. The topological polar surface area (TPSA) is 9.23 Å². The molecule has 0 saturated heterocycles. The second-order valence-corrected chi connectivity index (χ2v) is 8.06. The van der Waals surface area contributed by atoms with Gasteiger partial charge in [-0.1, -0.05) is 84.9 Å². The molecule has 4 aromatic carbocycles. The van der Waals surface area contributed by atoms with E-state index in [1.54, 1.807) is 0 Å². The highest BCUT2D eigenvalue weighted by molar-refractivity contribution is 5.94. The maximum atomic E-state index is 6.07. The third-order valence-corrected chi connectivity index (χ3v) is 6.72. The summed E-state index contributed by atoms with van der Waals surface area (Å²) >= 11 is 0. The first-order valence-electron chi connectivity index (χ1n) is 10.2. The fourth-order valence-corrected chi connectivity index (χ4v) is 5.57. The zero-order valence-electron chi connectivity index (χ0n) is 15.8. The fraction of sp³-hybridized carbons (Fsp3) is 0.185. The number of hydrogen-bond acceptors (Lipinski definition) is 1. The van der Waals surface area contributed by atoms with Crippen molar-refractivity contribution in [1.82, 2.24) is 0 Å². The molecule has 28 heavy (non-hydrogen) atoms. The van der Waals surface area contributed by atoms with Crippen LogP contribution in [-0.4, -0.2) is 6.61 Å². The second-order valence-electron chi connectivity index (χ2n) is 8.06. The van der Waals surface area contributed by atoms with E-state index in [1.165, 1.54) is 33.0 Å². The van der Waals surface area contributed by atoms with E-state index in [1.807, 2.05) is 0 Å². The Kier molecular flexibility index (Phi) is 3.40. The van der Waals surface area contributed by atoms with Crippen LogP contribution >= 0.6 is 0 Å². The first-order valence-corrected chi connectivity index (χ1v) is 10.2. The van der Waals surface area contributed by atoms with Gasteiger partial charge >= 0.3 is 0 Å². The zero-order valence-corrected chi connectivity index (χ0v) is 15.8. The van der Waals surface area contributed by atoms with Crippen molar-refractivity contribution >= 4 is 10.8 Å². The summed E-state index contributed by atoms with van der Waals surface area (Å²) in [6.07, 6.45) is 2.18. The Balaban J connectivity index is 1.78. The molecule has 0 radical (unpaired) electrons. The first kappa shape index (κ1) is 15.9. The van der Waals surface area contributed by atoms with E-state index in [0.717, 1.165) is 25.2 Å². The minimum absolute atomic E-state index is 0.129. The standard InChI is InChI=1S/C27H22O/c1-3-9-21(10-4-1)27(22-11-5-2-6-12-22)18-20-16-17-28-24-15-14-19-8-7-13-23(27)25(19)26(20)24/h1-15,20H,16-18H2. The predicted molar refractivity (Wildman–Crippen MR) is 114 cm³/mol. The number of hydrogen-bond donors (Lipinski definition) is 0. The molecule has 0 amide bonds. The van der Waals surface area contributed by atoms with Crippen molar-refractivity contribution in [3.05, 3.63) is 113 Å². The average Bonchev–Trinajstić information content (AvgIpc) is 2.78. The molecule has 1 nitrogen and oxygen atoms in total. The molecule has 1 aliphatic heterocycles. The van der Waals surface area contributed by atoms with Gasteiger partial charge in [-0.05, 0) is 52.3 Å². The van der Waals surface area contributed by atoms with Gasteiger partial charge in [-0.25, -0.2) is 0 Å². The molecule has 0 spiro atoms. The van der Waals surface area contributed by atoms with E-state index in [0.29, 0.717) is 5.92 Å². The van der Waals surface area contributed by atoms with Crippen molar-refractivity contribution in [2.75, 3.05) is 6.61 Å². The molecule has 0 N–H and O–H groups in total. The van der Waals surface area contributed by atoms with Crippen LogP contribution in [-0.2, 0) is 5.41 Å². The molecule has 1 heterocycles. The monoisotopic (exact) mass is 362 g/mol. The van der Waals surface area contributed by atoms with Crippen LogP contribution in [0.2, 0.25) is 0 Å². The summed E-state index contributed by atoms with van der Waals surface area (Å²) < 4.78 is 6.07. The van der Waals surface area contributed by atoms with Crippen molar-refractivity contribution in [3.8, 4) is 5.75 Å². The Morgan fingerprint density at radius 1 is 0.714 bits per heavy atom. The van der Waals surface area contributed by atoms with E-state index in [-0.39, 0.29) is 5.41 Å². The Morgan fingerprint density at radius 2 is 1.43 bits per heavy atom. The molecule has 0 aromatic heterocycles. The molecule has 1 aliphatic carbocycles. The Labute approximate surface area is 165 Å². The molecule has 1 heteroatoms. The van der Waals surface area contributed by atoms with Gasteiger partial charge in [0.1, 0.15) is 5.75 Å². The Bertz CT molecular complexity index is 1120. The largest absolute Gasteiger partial charge is 0.493 e. The lowest BCUT2D eigenvalue weighted by molar-refractivity contribution is 0.253. The SMILES string of the molecule is c1ccc(C2(c3ccccc3)CC3CCOc4ccc5cccc2c5c43)cc1. The lowest BCUT2D eigenvalue weighted by atomic mass is 9.58. The van der Waals surface area contributed by atoms with Crippen LogP contribution in [0.4, 0.5) is 0 Å². The molecular formula is C27H22O. The molecule has 6 rings (SSSR count). The lowest BCUT2D eigenvalue weighted by Crippen LogP contribution is -2.36. The number of ether oxygens (including phenoxy) is 1. The smallest absolute Gasteiger partial charge is 0.123 e. The summed E-state index contributed by atoms with van der Waals surface area (Å²) in [6, 6.07) is 33.4. The van der Waals surface area contributed by atoms with Gasteiger partial charge in [0.2, 0.25) is 0 Å². The average molecular weight is 362 g/mol. The Morgan fingerprint density at radius 3 is 2.14 bits per heavy atom. The van der Waals surface area contributed by atoms with Crippen molar-refractivity contribution in [2.45, 2.75) is 24.2 Å². The van der Waals surface area contributed by atoms with Crippen LogP contribution in [0.1, 0.15) is 41.0 Å². The predicted octanol–water partition coefficient (Wildman–Crippen LogP) is 6.44. The van der Waals surface area contributed by atoms with Crippen molar-refractivity contribution in [2.24, 2.45) is 0 Å². The van der Waals surface area contributed by atoms with Crippen LogP contribution in [0, 0.1) is 0 Å². The van der Waals surface area contributed by atoms with Gasteiger partial charge in [0.05, 0.1) is 6.61 Å². The van der Waals surface area contributed by atoms with Gasteiger partial charge in [-0.3, -0.25) is 0 Å². The van der Waals surface area contributed by atoms with E-state index < -0.39 is 0 Å². The summed E-state index contributed by atoms with van der Waals surface area (Å²) in [5.74, 6) is 1.61. The minimum atomic E-state index is -0.129. The molecule has 0 fully saturated rings. The van der Waals surface area contributed by atoms with Gasteiger partial charge in [0.25, 0.3) is 0 Å². The van der Waals surface area contributed by atoms with Gasteiger partial charge in [-0.15, -0.1) is 0 Å². The van der Waals surface area contributed by atoms with Crippen LogP contribution in [0.15, 0.2) is 91.0 Å². The van der Waals surface area contributed by atoms with E-state index in [2.05, 4.69) is 91.0 Å². The second kappa shape index (κ2) is 5.97. The van der Waals surface area contributed by atoms with E-state index in [4.69, 9.17) is 4.74 Å². The van der Waals surface area contributed by atoms with Crippen molar-refractivity contribution < 1.29 is 4.74 Å². The quantitative estimate of drug-likeness (QED) is 0.398. The van der Waals surface area contributed by atoms with E-state index in [9.17, 15) is 0 Å². The van der Waals surface area contributed by atoms with Gasteiger partial charge in [-0.2, -0.15) is 0 Å². The minimum Gasteiger partial charge on any atom is -0.493 e. The van der Waals surface area contributed by atoms with Crippen LogP contribution in [0.5, 0.6) is 5.75 Å². The highest BCUT2D eigenvalue weighted by Crippen LogP contribution is 2.56. The normalized spacial score (nSPS) is 19.2. The van der Waals surface area contributed by atoms with Crippen LogP contribution in [0.25, 0.3) is 10.8 Å². The fourth-order valence-electron chi connectivity index (χ4n) is 5.57. The van der Waals surface area contributed by atoms with E-state index >= 15 is 0 Å². The van der Waals surface area contributed by atoms with Gasteiger partial charge in [0, 0.05) is 11.0 Å². The molecule has 4 aromatic rings. The molecule has 2 aliphatic rings. The molecule has 1 atom stereocenters. The van der Waals surface area contributed by atoms with Gasteiger partial charge in [0.15, 0.2) is 0 Å². The third-order valence-electron chi connectivity index (χ3n) is 6.72. The third kappa shape index (κ3) is 2.08. The Hall–Kier alpha value is -3.06. The molecule has 0 saturated carbocycles. The molecule has 1 unspecified atom stereocenters. The lowest BCUT2D eigenvalue weighted by Gasteiger charge is -2.45. The first-order chi connectivity index (χ1) is 13.9. The maximum Gasteiger partial charge on any atom is 0.123 e. The summed E-state index contributed by atoms with van der Waals surface area (Å²) in [5.41, 5.74) is 5.49. The highest BCUT2D eigenvalue weighted by atomic mass is 16.5. The highest BCUT2D eigenvalue weighted by Gasteiger charge is 2.45. The van der Waals surface area contributed by atoms with Crippen molar-refractivity contribution in [1.29, 1.82) is 0 Å². The summed E-state index contributed by atoms with van der Waals surface area (Å²) in [4.78, 5) is 0.